The van der Waals surface area contributed by atoms with Gasteiger partial charge in [-0.25, -0.2) is 9.78 Å². The molecule has 0 spiro atoms. The standard InChI is InChI=1S/C20H22N4O/c25-20(24-18-13-22-19-17(18)7-4-12-21-19)23-16-10-8-15(9-11-16)14-5-2-1-3-6-14/h1-7,12-13,15-16H,8-11H2,(H,21,22)(H2,23,24,25). The molecule has 0 unspecified atom stereocenters. The van der Waals surface area contributed by atoms with Gasteiger partial charge in [-0.1, -0.05) is 30.3 Å². The zero-order valence-electron chi connectivity index (χ0n) is 14.0. The van der Waals surface area contributed by atoms with Crippen LogP contribution in [0.25, 0.3) is 11.0 Å². The highest BCUT2D eigenvalue weighted by atomic mass is 16.2. The molecule has 1 fully saturated rings. The fourth-order valence-electron chi connectivity index (χ4n) is 3.70. The molecule has 3 aromatic rings. The van der Waals surface area contributed by atoms with E-state index < -0.39 is 0 Å². The van der Waals surface area contributed by atoms with E-state index in [-0.39, 0.29) is 12.1 Å². The Morgan fingerprint density at radius 3 is 2.64 bits per heavy atom. The van der Waals surface area contributed by atoms with Crippen LogP contribution in [0.15, 0.2) is 54.9 Å². The number of H-pyrrole nitrogens is 1. The maximum absolute atomic E-state index is 12.3. The van der Waals surface area contributed by atoms with Crippen molar-refractivity contribution in [3.05, 3.63) is 60.4 Å². The molecule has 128 valence electrons. The Kier molecular flexibility index (Phi) is 4.37. The molecule has 2 heterocycles. The molecular weight excluding hydrogens is 312 g/mol. The van der Waals surface area contributed by atoms with Gasteiger partial charge in [0.25, 0.3) is 0 Å². The van der Waals surface area contributed by atoms with Crippen molar-refractivity contribution in [3.8, 4) is 0 Å². The Morgan fingerprint density at radius 1 is 1.04 bits per heavy atom. The van der Waals surface area contributed by atoms with Crippen LogP contribution in [0.1, 0.15) is 37.2 Å². The molecule has 0 radical (unpaired) electrons. The predicted molar refractivity (Wildman–Crippen MR) is 99.7 cm³/mol. The van der Waals surface area contributed by atoms with Gasteiger partial charge in [0, 0.05) is 23.8 Å². The number of anilines is 1. The third-order valence-electron chi connectivity index (χ3n) is 5.03. The maximum Gasteiger partial charge on any atom is 0.319 e. The van der Waals surface area contributed by atoms with E-state index in [4.69, 9.17) is 0 Å². The van der Waals surface area contributed by atoms with E-state index in [2.05, 4.69) is 50.9 Å². The minimum absolute atomic E-state index is 0.145. The summed E-state index contributed by atoms with van der Waals surface area (Å²) in [6, 6.07) is 14.6. The van der Waals surface area contributed by atoms with E-state index in [1.165, 1.54) is 5.56 Å². The van der Waals surface area contributed by atoms with Crippen LogP contribution in [-0.2, 0) is 0 Å². The van der Waals surface area contributed by atoms with Crippen LogP contribution >= 0.6 is 0 Å². The average molecular weight is 334 g/mol. The molecule has 25 heavy (non-hydrogen) atoms. The summed E-state index contributed by atoms with van der Waals surface area (Å²) >= 11 is 0. The Hall–Kier alpha value is -2.82. The van der Waals surface area contributed by atoms with Gasteiger partial charge in [-0.3, -0.25) is 0 Å². The lowest BCUT2D eigenvalue weighted by Crippen LogP contribution is -2.39. The smallest absolute Gasteiger partial charge is 0.319 e. The third kappa shape index (κ3) is 3.50. The van der Waals surface area contributed by atoms with Crippen molar-refractivity contribution in [1.82, 2.24) is 15.3 Å². The molecule has 1 aromatic carbocycles. The molecule has 0 atom stereocenters. The van der Waals surface area contributed by atoms with Crippen LogP contribution in [0.5, 0.6) is 0 Å². The summed E-state index contributed by atoms with van der Waals surface area (Å²) < 4.78 is 0. The normalized spacial score (nSPS) is 20.3. The van der Waals surface area contributed by atoms with Crippen molar-refractivity contribution in [2.24, 2.45) is 0 Å². The highest BCUT2D eigenvalue weighted by Gasteiger charge is 2.23. The van der Waals surface area contributed by atoms with Gasteiger partial charge in [0.05, 0.1) is 5.69 Å². The molecule has 2 amide bonds. The van der Waals surface area contributed by atoms with Crippen molar-refractivity contribution < 1.29 is 4.79 Å². The highest BCUT2D eigenvalue weighted by molar-refractivity contribution is 5.99. The summed E-state index contributed by atoms with van der Waals surface area (Å²) in [5.74, 6) is 0.613. The zero-order valence-corrected chi connectivity index (χ0v) is 14.0. The quantitative estimate of drug-likeness (QED) is 0.664. The second-order valence-electron chi connectivity index (χ2n) is 6.66. The number of hydrogen-bond donors (Lipinski definition) is 3. The lowest BCUT2D eigenvalue weighted by molar-refractivity contribution is 0.242. The maximum atomic E-state index is 12.3. The van der Waals surface area contributed by atoms with Gasteiger partial charge in [-0.2, -0.15) is 0 Å². The van der Waals surface area contributed by atoms with Gasteiger partial charge < -0.3 is 15.6 Å². The lowest BCUT2D eigenvalue weighted by atomic mass is 9.82. The van der Waals surface area contributed by atoms with Gasteiger partial charge in [-0.15, -0.1) is 0 Å². The van der Waals surface area contributed by atoms with Gasteiger partial charge in [0.1, 0.15) is 5.65 Å². The topological polar surface area (TPSA) is 69.8 Å². The van der Waals surface area contributed by atoms with E-state index in [9.17, 15) is 4.79 Å². The number of amides is 2. The fourth-order valence-corrected chi connectivity index (χ4v) is 3.70. The first kappa shape index (κ1) is 15.7. The van der Waals surface area contributed by atoms with E-state index in [0.717, 1.165) is 42.4 Å². The van der Waals surface area contributed by atoms with Crippen molar-refractivity contribution >= 4 is 22.8 Å². The molecule has 0 saturated heterocycles. The summed E-state index contributed by atoms with van der Waals surface area (Å²) in [4.78, 5) is 19.6. The molecule has 0 bridgehead atoms. The molecule has 4 rings (SSSR count). The number of fused-ring (bicyclic) bond motifs is 1. The van der Waals surface area contributed by atoms with Crippen LogP contribution < -0.4 is 10.6 Å². The van der Waals surface area contributed by atoms with E-state index in [0.29, 0.717) is 5.92 Å². The molecule has 1 aliphatic carbocycles. The number of nitrogens with one attached hydrogen (secondary N) is 3. The van der Waals surface area contributed by atoms with Crippen LogP contribution in [0.2, 0.25) is 0 Å². The first-order valence-corrected chi connectivity index (χ1v) is 8.84. The second-order valence-corrected chi connectivity index (χ2v) is 6.66. The molecule has 5 heteroatoms. The van der Waals surface area contributed by atoms with E-state index in [1.54, 1.807) is 12.4 Å². The fraction of sp³-hybridized carbons (Fsp3) is 0.300. The summed E-state index contributed by atoms with van der Waals surface area (Å²) in [5.41, 5.74) is 2.96. The minimum Gasteiger partial charge on any atom is -0.344 e. The van der Waals surface area contributed by atoms with Crippen LogP contribution in [0.4, 0.5) is 10.5 Å². The zero-order chi connectivity index (χ0) is 17.1. The Bertz CT molecular complexity index is 850. The largest absolute Gasteiger partial charge is 0.344 e. The van der Waals surface area contributed by atoms with Crippen molar-refractivity contribution in [3.63, 3.8) is 0 Å². The summed E-state index contributed by atoms with van der Waals surface area (Å²) in [6.07, 6.45) is 7.78. The number of carbonyl (C=O) groups is 1. The molecular formula is C20H22N4O. The average Bonchev–Trinajstić information content (AvgIpc) is 3.06. The second kappa shape index (κ2) is 6.97. The number of aromatic nitrogens is 2. The number of rotatable bonds is 3. The third-order valence-corrected chi connectivity index (χ3v) is 5.03. The molecule has 3 N–H and O–H groups in total. The number of carbonyl (C=O) groups excluding carboxylic acids is 1. The predicted octanol–water partition coefficient (Wildman–Crippen LogP) is 4.41. The first-order chi connectivity index (χ1) is 12.3. The van der Waals surface area contributed by atoms with Crippen LogP contribution in [0, 0.1) is 0 Å². The molecule has 5 nitrogen and oxygen atoms in total. The summed E-state index contributed by atoms with van der Waals surface area (Å²) in [6.45, 7) is 0. The monoisotopic (exact) mass is 334 g/mol. The van der Waals surface area contributed by atoms with E-state index >= 15 is 0 Å². The number of pyridine rings is 1. The molecule has 2 aromatic heterocycles. The Balaban J connectivity index is 1.32. The molecule has 0 aliphatic heterocycles. The lowest BCUT2D eigenvalue weighted by Gasteiger charge is -2.29. The Labute approximate surface area is 146 Å². The van der Waals surface area contributed by atoms with E-state index in [1.807, 2.05) is 12.1 Å². The van der Waals surface area contributed by atoms with Gasteiger partial charge in [0.15, 0.2) is 0 Å². The summed E-state index contributed by atoms with van der Waals surface area (Å²) in [5, 5.41) is 6.97. The van der Waals surface area contributed by atoms with Crippen molar-refractivity contribution in [2.45, 2.75) is 37.6 Å². The van der Waals surface area contributed by atoms with Crippen molar-refractivity contribution in [1.29, 1.82) is 0 Å². The van der Waals surface area contributed by atoms with Gasteiger partial charge in [0.2, 0.25) is 0 Å². The summed E-state index contributed by atoms with van der Waals surface area (Å²) in [7, 11) is 0. The number of urea groups is 1. The van der Waals surface area contributed by atoms with Gasteiger partial charge >= 0.3 is 6.03 Å². The molecule has 1 aliphatic rings. The number of nitrogens with zero attached hydrogens (tertiary/aromatic N) is 1. The number of aromatic amines is 1. The number of benzene rings is 1. The van der Waals surface area contributed by atoms with Crippen LogP contribution in [-0.4, -0.2) is 22.0 Å². The highest BCUT2D eigenvalue weighted by Crippen LogP contribution is 2.32. The first-order valence-electron chi connectivity index (χ1n) is 8.84. The SMILES string of the molecule is O=C(Nc1c[nH]c2ncccc12)NC1CCC(c2ccccc2)CC1. The minimum atomic E-state index is -0.145. The number of hydrogen-bond acceptors (Lipinski definition) is 2. The van der Waals surface area contributed by atoms with Crippen LogP contribution in [0.3, 0.4) is 0 Å². The molecule has 1 saturated carbocycles. The Morgan fingerprint density at radius 2 is 1.84 bits per heavy atom. The van der Waals surface area contributed by atoms with Gasteiger partial charge in [-0.05, 0) is 49.3 Å². The van der Waals surface area contributed by atoms with Crippen molar-refractivity contribution in [2.75, 3.05) is 5.32 Å².